The van der Waals surface area contributed by atoms with Gasteiger partial charge in [0.25, 0.3) is 0 Å². The Morgan fingerprint density at radius 2 is 2.14 bits per heavy atom. The van der Waals surface area contributed by atoms with Gasteiger partial charge in [0, 0.05) is 17.8 Å². The first kappa shape index (κ1) is 20.8. The molecule has 0 bridgehead atoms. The Morgan fingerprint density at radius 3 is 2.76 bits per heavy atom. The van der Waals surface area contributed by atoms with Crippen LogP contribution in [0.3, 0.4) is 0 Å². The summed E-state index contributed by atoms with van der Waals surface area (Å²) in [6.07, 6.45) is -0.890. The van der Waals surface area contributed by atoms with E-state index in [0.717, 1.165) is 0 Å². The van der Waals surface area contributed by atoms with Gasteiger partial charge < -0.3 is 15.4 Å². The van der Waals surface area contributed by atoms with Crippen molar-refractivity contribution in [3.63, 3.8) is 0 Å². The first-order chi connectivity index (χ1) is 13.7. The van der Waals surface area contributed by atoms with Gasteiger partial charge in [-0.15, -0.1) is 0 Å². The van der Waals surface area contributed by atoms with Crippen molar-refractivity contribution in [1.29, 1.82) is 0 Å². The van der Waals surface area contributed by atoms with Crippen LogP contribution in [0.15, 0.2) is 12.3 Å². The first-order valence-electron chi connectivity index (χ1n) is 9.35. The summed E-state index contributed by atoms with van der Waals surface area (Å²) in [6.45, 7) is 2.35. The molecule has 2 aromatic heterocycles. The number of nitrogens with one attached hydrogen (secondary N) is 1. The molecule has 0 aliphatic heterocycles. The fraction of sp³-hybridized carbons (Fsp3) is 0.588. The highest BCUT2D eigenvalue weighted by atomic mass is 19.4. The molecule has 0 unspecified atom stereocenters. The highest BCUT2D eigenvalue weighted by molar-refractivity contribution is 5.80. The predicted octanol–water partition coefficient (Wildman–Crippen LogP) is 2.65. The number of hydrogen-bond donors (Lipinski definition) is 1. The number of fused-ring (bicyclic) bond motifs is 1. The fourth-order valence-electron chi connectivity index (χ4n) is 3.56. The van der Waals surface area contributed by atoms with Gasteiger partial charge in [0.05, 0.1) is 23.9 Å². The van der Waals surface area contributed by atoms with Crippen molar-refractivity contribution >= 4 is 11.7 Å². The molecule has 1 aliphatic carbocycles. The zero-order valence-electron chi connectivity index (χ0n) is 15.8. The van der Waals surface area contributed by atoms with Crippen molar-refractivity contribution in [1.82, 2.24) is 24.9 Å². The smallest absolute Gasteiger partial charge is 0.358 e. The number of nitrogens with zero attached hydrogens (tertiary/aromatic N) is 5. The van der Waals surface area contributed by atoms with Crippen LogP contribution in [0, 0.1) is 10.1 Å². The minimum absolute atomic E-state index is 0.198. The standard InChI is InChI=1S/C17H21F3N6O3/c1-2-12(25-13-6-3-5-11(13)15(23-25)17(18,19)20)16(27)21-8-4-9-24-10-7-14(22-24)26(28)29/h7,10,12H,2-6,8-9H2,1H3,(H,21,27)/t12-/m1/s1. The normalized spacial score (nSPS) is 14.6. The molecule has 29 heavy (non-hydrogen) atoms. The number of carbonyl (C=O) groups is 1. The SMILES string of the molecule is CC[C@H](C(=O)NCCCn1ccc([N+](=O)[O-])n1)n1nc(C(F)(F)F)c2c1CCC2. The maximum absolute atomic E-state index is 13.3. The van der Waals surface area contributed by atoms with Gasteiger partial charge in [0.15, 0.2) is 5.69 Å². The average Bonchev–Trinajstić information content (AvgIpc) is 3.35. The molecule has 0 radical (unpaired) electrons. The van der Waals surface area contributed by atoms with E-state index in [2.05, 4.69) is 15.5 Å². The lowest BCUT2D eigenvalue weighted by molar-refractivity contribution is -0.389. The number of halogens is 3. The van der Waals surface area contributed by atoms with Crippen molar-refractivity contribution in [3.05, 3.63) is 39.3 Å². The van der Waals surface area contributed by atoms with Gasteiger partial charge in [-0.25, -0.2) is 0 Å². The Morgan fingerprint density at radius 1 is 1.38 bits per heavy atom. The van der Waals surface area contributed by atoms with Crippen LogP contribution in [0.1, 0.15) is 49.2 Å². The van der Waals surface area contributed by atoms with Crippen LogP contribution in [-0.2, 0) is 30.4 Å². The molecule has 9 nitrogen and oxygen atoms in total. The van der Waals surface area contributed by atoms with E-state index < -0.39 is 28.7 Å². The summed E-state index contributed by atoms with van der Waals surface area (Å²) in [7, 11) is 0. The van der Waals surface area contributed by atoms with Crippen molar-refractivity contribution in [2.24, 2.45) is 0 Å². The minimum Gasteiger partial charge on any atom is -0.358 e. The van der Waals surface area contributed by atoms with Gasteiger partial charge in [0.1, 0.15) is 6.04 Å². The second-order valence-electron chi connectivity index (χ2n) is 6.83. The Labute approximate surface area is 164 Å². The van der Waals surface area contributed by atoms with Gasteiger partial charge in [-0.2, -0.15) is 23.0 Å². The van der Waals surface area contributed by atoms with Crippen LogP contribution < -0.4 is 5.32 Å². The number of hydrogen-bond acceptors (Lipinski definition) is 5. The molecule has 0 saturated carbocycles. The van der Waals surface area contributed by atoms with Crippen LogP contribution in [0.4, 0.5) is 19.0 Å². The monoisotopic (exact) mass is 414 g/mol. The molecule has 158 valence electrons. The largest absolute Gasteiger partial charge is 0.435 e. The number of aryl methyl sites for hydroxylation is 1. The molecule has 0 fully saturated rings. The highest BCUT2D eigenvalue weighted by Gasteiger charge is 2.41. The van der Waals surface area contributed by atoms with Crippen molar-refractivity contribution in [2.75, 3.05) is 6.54 Å². The van der Waals surface area contributed by atoms with E-state index in [-0.39, 0.29) is 17.9 Å². The molecule has 0 spiro atoms. The van der Waals surface area contributed by atoms with E-state index in [4.69, 9.17) is 0 Å². The Balaban J connectivity index is 1.61. The summed E-state index contributed by atoms with van der Waals surface area (Å²) in [5.74, 6) is -0.655. The highest BCUT2D eigenvalue weighted by Crippen LogP contribution is 2.37. The summed E-state index contributed by atoms with van der Waals surface area (Å²) < 4.78 is 42.4. The van der Waals surface area contributed by atoms with Crippen molar-refractivity contribution in [3.8, 4) is 0 Å². The number of rotatable bonds is 8. The molecule has 2 heterocycles. The van der Waals surface area contributed by atoms with Gasteiger partial charge in [-0.05, 0) is 37.0 Å². The fourth-order valence-corrected chi connectivity index (χ4v) is 3.56. The van der Waals surface area contributed by atoms with Crippen LogP contribution in [-0.4, -0.2) is 36.9 Å². The maximum Gasteiger partial charge on any atom is 0.435 e. The first-order valence-corrected chi connectivity index (χ1v) is 9.35. The molecule has 1 atom stereocenters. The molecular formula is C17H21F3N6O3. The third-order valence-corrected chi connectivity index (χ3v) is 4.89. The Kier molecular flexibility index (Phi) is 5.89. The quantitative estimate of drug-likeness (QED) is 0.406. The zero-order valence-corrected chi connectivity index (χ0v) is 15.8. The van der Waals surface area contributed by atoms with E-state index in [0.29, 0.717) is 44.3 Å². The molecule has 1 N–H and O–H groups in total. The lowest BCUT2D eigenvalue weighted by Crippen LogP contribution is -2.34. The van der Waals surface area contributed by atoms with Crippen LogP contribution >= 0.6 is 0 Å². The molecule has 1 aliphatic rings. The third-order valence-electron chi connectivity index (χ3n) is 4.89. The van der Waals surface area contributed by atoms with Crippen LogP contribution in [0.25, 0.3) is 0 Å². The van der Waals surface area contributed by atoms with Crippen molar-refractivity contribution < 1.29 is 22.9 Å². The summed E-state index contributed by atoms with van der Waals surface area (Å²) in [5.41, 5.74) is -0.205. The molecule has 2 aromatic rings. The maximum atomic E-state index is 13.3. The van der Waals surface area contributed by atoms with Gasteiger partial charge >= 0.3 is 12.0 Å². The van der Waals surface area contributed by atoms with E-state index >= 15 is 0 Å². The number of carbonyl (C=O) groups excluding carboxylic acids is 1. The summed E-state index contributed by atoms with van der Waals surface area (Å²) >= 11 is 0. The number of aromatic nitrogens is 4. The Bertz CT molecular complexity index is 905. The van der Waals surface area contributed by atoms with E-state index in [1.807, 2.05) is 0 Å². The summed E-state index contributed by atoms with van der Waals surface area (Å²) in [5, 5.41) is 20.8. The molecule has 12 heteroatoms. The lowest BCUT2D eigenvalue weighted by atomic mass is 10.1. The van der Waals surface area contributed by atoms with Crippen molar-refractivity contribution in [2.45, 2.75) is 57.8 Å². The van der Waals surface area contributed by atoms with Crippen LogP contribution in [0.5, 0.6) is 0 Å². The molecule has 3 rings (SSSR count). The van der Waals surface area contributed by atoms with Gasteiger partial charge in [-0.3, -0.25) is 9.48 Å². The van der Waals surface area contributed by atoms with Gasteiger partial charge in [-0.1, -0.05) is 6.92 Å². The zero-order chi connectivity index (χ0) is 21.2. The van der Waals surface area contributed by atoms with E-state index in [9.17, 15) is 28.1 Å². The molecule has 1 amide bonds. The number of alkyl halides is 3. The molecule has 0 saturated heterocycles. The minimum atomic E-state index is -4.54. The lowest BCUT2D eigenvalue weighted by Gasteiger charge is -2.18. The third kappa shape index (κ3) is 4.40. The number of amides is 1. The second-order valence-corrected chi connectivity index (χ2v) is 6.83. The number of nitro groups is 1. The second kappa shape index (κ2) is 8.21. The average molecular weight is 414 g/mol. The van der Waals surface area contributed by atoms with Gasteiger partial charge in [0.2, 0.25) is 5.91 Å². The van der Waals surface area contributed by atoms with E-state index in [1.54, 1.807) is 6.92 Å². The molecule has 0 aromatic carbocycles. The summed E-state index contributed by atoms with van der Waals surface area (Å²) in [6, 6.07) is 0.464. The van der Waals surface area contributed by atoms with E-state index in [1.165, 1.54) is 21.6 Å². The topological polar surface area (TPSA) is 108 Å². The van der Waals surface area contributed by atoms with Crippen LogP contribution in [0.2, 0.25) is 0 Å². The Hall–Kier alpha value is -2.92. The predicted molar refractivity (Wildman–Crippen MR) is 95.1 cm³/mol. The molecular weight excluding hydrogens is 393 g/mol. The summed E-state index contributed by atoms with van der Waals surface area (Å²) in [4.78, 5) is 22.6.